The highest BCUT2D eigenvalue weighted by atomic mass is 19.1. The predicted octanol–water partition coefficient (Wildman–Crippen LogP) is 4.70. The first-order valence-electron chi connectivity index (χ1n) is 9.37. The minimum atomic E-state index is -0.285. The molecule has 5 heteroatoms. The normalized spacial score (nSPS) is 14.9. The summed E-state index contributed by atoms with van der Waals surface area (Å²) < 4.78 is 15.6. The second-order valence-electron chi connectivity index (χ2n) is 7.20. The van der Waals surface area contributed by atoms with Crippen molar-refractivity contribution >= 4 is 21.8 Å². The Hall–Kier alpha value is -3.86. The lowest BCUT2D eigenvalue weighted by Crippen LogP contribution is -2.16. The van der Waals surface area contributed by atoms with Crippen molar-refractivity contribution in [2.45, 2.75) is 6.04 Å². The molecule has 0 fully saturated rings. The average Bonchev–Trinajstić information content (AvgIpc) is 3.06. The molecule has 2 aromatic heterocycles. The summed E-state index contributed by atoms with van der Waals surface area (Å²) in [7, 11) is 0. The maximum absolute atomic E-state index is 13.6. The van der Waals surface area contributed by atoms with Crippen molar-refractivity contribution in [3.8, 4) is 11.5 Å². The van der Waals surface area contributed by atoms with Gasteiger partial charge >= 0.3 is 0 Å². The van der Waals surface area contributed by atoms with Crippen LogP contribution in [0.2, 0.25) is 0 Å². The Kier molecular flexibility index (Phi) is 3.23. The van der Waals surface area contributed by atoms with E-state index in [1.54, 1.807) is 18.2 Å². The number of halogens is 1. The highest BCUT2D eigenvalue weighted by Gasteiger charge is 2.33. The smallest absolute Gasteiger partial charge is 0.281 e. The zero-order valence-electron chi connectivity index (χ0n) is 15.2. The van der Waals surface area contributed by atoms with E-state index in [0.717, 1.165) is 27.5 Å². The van der Waals surface area contributed by atoms with E-state index in [9.17, 15) is 9.18 Å². The maximum Gasteiger partial charge on any atom is 0.281 e. The fraction of sp³-hybridized carbons (Fsp3) is 0.0417. The number of aromatic nitrogens is 3. The van der Waals surface area contributed by atoms with Crippen LogP contribution in [0.25, 0.3) is 33.3 Å². The molecule has 0 N–H and O–H groups in total. The van der Waals surface area contributed by atoms with Gasteiger partial charge in [-0.25, -0.2) is 9.37 Å². The van der Waals surface area contributed by atoms with Crippen molar-refractivity contribution in [1.82, 2.24) is 14.5 Å². The van der Waals surface area contributed by atoms with Crippen LogP contribution in [-0.2, 0) is 0 Å². The Morgan fingerprint density at radius 2 is 1.62 bits per heavy atom. The Morgan fingerprint density at radius 3 is 2.48 bits per heavy atom. The number of fused-ring (bicyclic) bond motifs is 6. The van der Waals surface area contributed by atoms with E-state index in [0.29, 0.717) is 16.9 Å². The quantitative estimate of drug-likeness (QED) is 0.416. The largest absolute Gasteiger partial charge is 0.312 e. The van der Waals surface area contributed by atoms with Crippen molar-refractivity contribution in [3.05, 3.63) is 106 Å². The molecule has 1 aliphatic heterocycles. The number of rotatable bonds is 1. The molecular formula is C24H14FN3O. The molecule has 0 aliphatic carbocycles. The molecule has 0 amide bonds. The predicted molar refractivity (Wildman–Crippen MR) is 110 cm³/mol. The molecule has 4 nitrogen and oxygen atoms in total. The van der Waals surface area contributed by atoms with Crippen molar-refractivity contribution < 1.29 is 4.39 Å². The summed E-state index contributed by atoms with van der Waals surface area (Å²) in [5, 5.41) is 1.57. The minimum absolute atomic E-state index is 0.240. The SMILES string of the molecule is O=c1nc2n(c3ccccc13)C(c1ccc(F)cc1)c1cc3ccccc3nc1-2. The second kappa shape index (κ2) is 5.82. The Morgan fingerprint density at radius 1 is 0.862 bits per heavy atom. The number of nitrogens with zero attached hydrogens (tertiary/aromatic N) is 3. The Balaban J connectivity index is 1.77. The molecule has 29 heavy (non-hydrogen) atoms. The lowest BCUT2D eigenvalue weighted by Gasteiger charge is -2.19. The summed E-state index contributed by atoms with van der Waals surface area (Å²) in [5.41, 5.74) is 3.94. The molecule has 138 valence electrons. The minimum Gasteiger partial charge on any atom is -0.312 e. The summed E-state index contributed by atoms with van der Waals surface area (Å²) in [6.45, 7) is 0. The Bertz CT molecular complexity index is 1490. The monoisotopic (exact) mass is 379 g/mol. The molecule has 1 unspecified atom stereocenters. The van der Waals surface area contributed by atoms with Gasteiger partial charge in [0.25, 0.3) is 5.56 Å². The summed E-state index contributed by atoms with van der Waals surface area (Å²) in [5.74, 6) is 0.260. The zero-order chi connectivity index (χ0) is 19.5. The molecule has 3 heterocycles. The van der Waals surface area contributed by atoms with E-state index < -0.39 is 0 Å². The number of benzene rings is 3. The van der Waals surface area contributed by atoms with E-state index in [1.807, 2.05) is 47.0 Å². The van der Waals surface area contributed by atoms with E-state index >= 15 is 0 Å². The first kappa shape index (κ1) is 16.1. The molecule has 0 saturated carbocycles. The van der Waals surface area contributed by atoms with Crippen molar-refractivity contribution in [2.75, 3.05) is 0 Å². The van der Waals surface area contributed by atoms with Gasteiger partial charge in [0.1, 0.15) is 11.5 Å². The van der Waals surface area contributed by atoms with E-state index in [1.165, 1.54) is 12.1 Å². The standard InChI is InChI=1S/C24H14FN3O/c25-16-11-9-14(10-12-16)22-18-13-15-5-1-3-7-19(15)26-21(18)23-27-24(29)17-6-2-4-8-20(17)28(22)23/h1-13,22H. The molecule has 6 rings (SSSR count). The lowest BCUT2D eigenvalue weighted by molar-refractivity contribution is 0.625. The van der Waals surface area contributed by atoms with Gasteiger partial charge in [-0.3, -0.25) is 4.79 Å². The van der Waals surface area contributed by atoms with Crippen LogP contribution in [0.3, 0.4) is 0 Å². The first-order valence-corrected chi connectivity index (χ1v) is 9.37. The van der Waals surface area contributed by atoms with Gasteiger partial charge < -0.3 is 4.57 Å². The maximum atomic E-state index is 13.6. The van der Waals surface area contributed by atoms with E-state index in [2.05, 4.69) is 11.1 Å². The molecule has 0 radical (unpaired) electrons. The van der Waals surface area contributed by atoms with Crippen LogP contribution in [0.5, 0.6) is 0 Å². The van der Waals surface area contributed by atoms with Crippen LogP contribution < -0.4 is 5.56 Å². The van der Waals surface area contributed by atoms with Gasteiger partial charge in [-0.05, 0) is 42.0 Å². The van der Waals surface area contributed by atoms with Gasteiger partial charge in [-0.15, -0.1) is 0 Å². The average molecular weight is 379 g/mol. The molecule has 0 saturated heterocycles. The topological polar surface area (TPSA) is 47.8 Å². The summed E-state index contributed by atoms with van der Waals surface area (Å²) in [6, 6.07) is 23.7. The fourth-order valence-electron chi connectivity index (χ4n) is 4.25. The number of pyridine rings is 1. The van der Waals surface area contributed by atoms with Crippen LogP contribution in [0.1, 0.15) is 17.2 Å². The Labute approximate surface area is 164 Å². The molecule has 0 spiro atoms. The molecular weight excluding hydrogens is 365 g/mol. The van der Waals surface area contributed by atoms with Crippen molar-refractivity contribution in [3.63, 3.8) is 0 Å². The second-order valence-corrected chi connectivity index (χ2v) is 7.20. The zero-order valence-corrected chi connectivity index (χ0v) is 15.2. The summed E-state index contributed by atoms with van der Waals surface area (Å²) >= 11 is 0. The third-order valence-corrected chi connectivity index (χ3v) is 5.53. The first-order chi connectivity index (χ1) is 14.2. The molecule has 5 aromatic rings. The number of hydrogen-bond donors (Lipinski definition) is 0. The molecule has 1 aliphatic rings. The third kappa shape index (κ3) is 2.27. The van der Waals surface area contributed by atoms with Gasteiger partial charge in [0.15, 0.2) is 5.82 Å². The highest BCUT2D eigenvalue weighted by Crippen LogP contribution is 2.43. The molecule has 1 atom stereocenters. The van der Waals surface area contributed by atoms with Crippen LogP contribution in [0.4, 0.5) is 4.39 Å². The van der Waals surface area contributed by atoms with E-state index in [-0.39, 0.29) is 17.4 Å². The van der Waals surface area contributed by atoms with Crippen LogP contribution in [0, 0.1) is 5.82 Å². The van der Waals surface area contributed by atoms with Crippen molar-refractivity contribution in [2.24, 2.45) is 0 Å². The highest BCUT2D eigenvalue weighted by molar-refractivity contribution is 5.87. The van der Waals surface area contributed by atoms with Crippen molar-refractivity contribution in [1.29, 1.82) is 0 Å². The van der Waals surface area contributed by atoms with Gasteiger partial charge in [-0.2, -0.15) is 4.98 Å². The number of para-hydroxylation sites is 2. The van der Waals surface area contributed by atoms with Crippen LogP contribution in [-0.4, -0.2) is 14.5 Å². The summed E-state index contributed by atoms with van der Waals surface area (Å²) in [4.78, 5) is 21.9. The van der Waals surface area contributed by atoms with Gasteiger partial charge in [0, 0.05) is 10.9 Å². The number of hydrogen-bond acceptors (Lipinski definition) is 3. The third-order valence-electron chi connectivity index (χ3n) is 5.53. The van der Waals surface area contributed by atoms with Gasteiger partial charge in [-0.1, -0.05) is 42.5 Å². The van der Waals surface area contributed by atoms with Gasteiger partial charge in [0.05, 0.1) is 22.5 Å². The van der Waals surface area contributed by atoms with Gasteiger partial charge in [0.2, 0.25) is 0 Å². The molecule has 3 aromatic carbocycles. The van der Waals surface area contributed by atoms with Crippen LogP contribution >= 0.6 is 0 Å². The lowest BCUT2D eigenvalue weighted by atomic mass is 9.98. The summed E-state index contributed by atoms with van der Waals surface area (Å²) in [6.07, 6.45) is 0. The fourth-order valence-corrected chi connectivity index (χ4v) is 4.25. The molecule has 0 bridgehead atoms. The van der Waals surface area contributed by atoms with E-state index in [4.69, 9.17) is 4.98 Å². The van der Waals surface area contributed by atoms with Crippen LogP contribution in [0.15, 0.2) is 83.7 Å².